The smallest absolute Gasteiger partial charge is 0.170 e. The minimum absolute atomic E-state index is 0.0831. The minimum Gasteiger partial charge on any atom is -0.488 e. The minimum atomic E-state index is 0.0831. The molecule has 1 aliphatic heterocycles. The van der Waals surface area contributed by atoms with Crippen molar-refractivity contribution in [3.63, 3.8) is 0 Å². The molecular weight excluding hydrogens is 232 g/mol. The Morgan fingerprint density at radius 3 is 3.06 bits per heavy atom. The summed E-state index contributed by atoms with van der Waals surface area (Å²) in [5.74, 6) is 0.842. The van der Waals surface area contributed by atoms with E-state index in [1.165, 1.54) is 0 Å². The van der Waals surface area contributed by atoms with Gasteiger partial charge in [-0.1, -0.05) is 17.3 Å². The van der Waals surface area contributed by atoms with Gasteiger partial charge in [0.25, 0.3) is 0 Å². The summed E-state index contributed by atoms with van der Waals surface area (Å²) in [7, 11) is 0. The third-order valence-electron chi connectivity index (χ3n) is 3.00. The summed E-state index contributed by atoms with van der Waals surface area (Å²) < 4.78 is 11.3. The molecular formula is C13H18N2O3. The SMILES string of the molecule is Cc1ccc(/C(N)=N/O)cc1OC1CCCOC1. The molecule has 5 heteroatoms. The summed E-state index contributed by atoms with van der Waals surface area (Å²) in [6.07, 6.45) is 2.09. The van der Waals surface area contributed by atoms with Crippen LogP contribution in [0.1, 0.15) is 24.0 Å². The van der Waals surface area contributed by atoms with Crippen LogP contribution in [-0.4, -0.2) is 30.4 Å². The van der Waals surface area contributed by atoms with Gasteiger partial charge in [-0.3, -0.25) is 0 Å². The predicted octanol–water partition coefficient (Wildman–Crippen LogP) is 1.65. The summed E-state index contributed by atoms with van der Waals surface area (Å²) in [5.41, 5.74) is 7.24. The summed E-state index contributed by atoms with van der Waals surface area (Å²) >= 11 is 0. The van der Waals surface area contributed by atoms with Gasteiger partial charge in [0.05, 0.1) is 6.61 Å². The molecule has 1 saturated heterocycles. The van der Waals surface area contributed by atoms with Gasteiger partial charge < -0.3 is 20.4 Å². The van der Waals surface area contributed by atoms with Crippen molar-refractivity contribution in [2.45, 2.75) is 25.9 Å². The van der Waals surface area contributed by atoms with Crippen molar-refractivity contribution in [3.05, 3.63) is 29.3 Å². The molecule has 1 fully saturated rings. The first kappa shape index (κ1) is 12.7. The summed E-state index contributed by atoms with van der Waals surface area (Å²) in [6, 6.07) is 5.49. The molecule has 3 N–H and O–H groups in total. The van der Waals surface area contributed by atoms with Gasteiger partial charge in [0, 0.05) is 12.2 Å². The van der Waals surface area contributed by atoms with Crippen molar-refractivity contribution < 1.29 is 14.7 Å². The monoisotopic (exact) mass is 250 g/mol. The van der Waals surface area contributed by atoms with Crippen LogP contribution < -0.4 is 10.5 Å². The van der Waals surface area contributed by atoms with Gasteiger partial charge in [-0.2, -0.15) is 0 Å². The normalized spacial score (nSPS) is 20.7. The summed E-state index contributed by atoms with van der Waals surface area (Å²) in [6.45, 7) is 3.39. The molecule has 0 aliphatic carbocycles. The quantitative estimate of drug-likeness (QED) is 0.370. The number of amidine groups is 1. The van der Waals surface area contributed by atoms with Gasteiger partial charge in [0.2, 0.25) is 0 Å². The van der Waals surface area contributed by atoms with Crippen LogP contribution in [0.2, 0.25) is 0 Å². The van der Waals surface area contributed by atoms with Crippen LogP contribution in [0.25, 0.3) is 0 Å². The fourth-order valence-electron chi connectivity index (χ4n) is 1.93. The van der Waals surface area contributed by atoms with Crippen LogP contribution in [0.4, 0.5) is 0 Å². The van der Waals surface area contributed by atoms with Gasteiger partial charge in [0.15, 0.2) is 5.84 Å². The number of rotatable bonds is 3. The molecule has 0 bridgehead atoms. The van der Waals surface area contributed by atoms with Crippen molar-refractivity contribution >= 4 is 5.84 Å². The van der Waals surface area contributed by atoms with Crippen LogP contribution in [0.5, 0.6) is 5.75 Å². The van der Waals surface area contributed by atoms with E-state index in [2.05, 4.69) is 5.16 Å². The topological polar surface area (TPSA) is 77.1 Å². The average molecular weight is 250 g/mol. The number of aryl methyl sites for hydroxylation is 1. The molecule has 0 saturated carbocycles. The Balaban J connectivity index is 2.15. The predicted molar refractivity (Wildman–Crippen MR) is 68.2 cm³/mol. The molecule has 1 aromatic carbocycles. The van der Waals surface area contributed by atoms with Crippen molar-refractivity contribution in [1.82, 2.24) is 0 Å². The second-order valence-corrected chi connectivity index (χ2v) is 4.42. The molecule has 18 heavy (non-hydrogen) atoms. The first-order valence-corrected chi connectivity index (χ1v) is 6.03. The van der Waals surface area contributed by atoms with E-state index in [4.69, 9.17) is 20.4 Å². The van der Waals surface area contributed by atoms with E-state index in [0.717, 1.165) is 30.8 Å². The second kappa shape index (κ2) is 5.73. The van der Waals surface area contributed by atoms with Crippen molar-refractivity contribution in [2.75, 3.05) is 13.2 Å². The van der Waals surface area contributed by atoms with Crippen LogP contribution in [0.15, 0.2) is 23.4 Å². The number of ether oxygens (including phenoxy) is 2. The Morgan fingerprint density at radius 1 is 1.56 bits per heavy atom. The lowest BCUT2D eigenvalue weighted by Crippen LogP contribution is -2.28. The molecule has 98 valence electrons. The van der Waals surface area contributed by atoms with Crippen LogP contribution in [-0.2, 0) is 4.74 Å². The van der Waals surface area contributed by atoms with Crippen LogP contribution >= 0.6 is 0 Å². The van der Waals surface area contributed by atoms with Gasteiger partial charge in [0.1, 0.15) is 11.9 Å². The van der Waals surface area contributed by atoms with E-state index in [-0.39, 0.29) is 11.9 Å². The first-order chi connectivity index (χ1) is 8.70. The van der Waals surface area contributed by atoms with Crippen LogP contribution in [0, 0.1) is 6.92 Å². The van der Waals surface area contributed by atoms with Crippen molar-refractivity contribution in [3.8, 4) is 5.75 Å². The number of nitrogens with two attached hydrogens (primary N) is 1. The van der Waals surface area contributed by atoms with Crippen molar-refractivity contribution in [2.24, 2.45) is 10.9 Å². The molecule has 0 amide bonds. The van der Waals surface area contributed by atoms with Crippen LogP contribution in [0.3, 0.4) is 0 Å². The lowest BCUT2D eigenvalue weighted by molar-refractivity contribution is 0.00715. The van der Waals surface area contributed by atoms with Crippen molar-refractivity contribution in [1.29, 1.82) is 0 Å². The highest BCUT2D eigenvalue weighted by molar-refractivity contribution is 5.97. The lowest BCUT2D eigenvalue weighted by atomic mass is 10.1. The molecule has 1 aromatic rings. The van der Waals surface area contributed by atoms with E-state index >= 15 is 0 Å². The largest absolute Gasteiger partial charge is 0.488 e. The second-order valence-electron chi connectivity index (χ2n) is 4.42. The molecule has 1 unspecified atom stereocenters. The Morgan fingerprint density at radius 2 is 2.39 bits per heavy atom. The van der Waals surface area contributed by atoms with Gasteiger partial charge >= 0.3 is 0 Å². The number of oxime groups is 1. The average Bonchev–Trinajstić information content (AvgIpc) is 2.41. The number of hydrogen-bond acceptors (Lipinski definition) is 4. The fraction of sp³-hybridized carbons (Fsp3) is 0.462. The number of benzene rings is 1. The third-order valence-corrected chi connectivity index (χ3v) is 3.00. The van der Waals surface area contributed by atoms with E-state index in [1.807, 2.05) is 13.0 Å². The van der Waals surface area contributed by atoms with Gasteiger partial charge in [-0.15, -0.1) is 0 Å². The van der Waals surface area contributed by atoms with E-state index in [1.54, 1.807) is 12.1 Å². The molecule has 5 nitrogen and oxygen atoms in total. The lowest BCUT2D eigenvalue weighted by Gasteiger charge is -2.24. The molecule has 1 atom stereocenters. The van der Waals surface area contributed by atoms with Gasteiger partial charge in [-0.25, -0.2) is 0 Å². The number of hydrogen-bond donors (Lipinski definition) is 2. The Bertz CT molecular complexity index is 440. The first-order valence-electron chi connectivity index (χ1n) is 6.03. The Kier molecular flexibility index (Phi) is 4.04. The highest BCUT2D eigenvalue weighted by Crippen LogP contribution is 2.23. The van der Waals surface area contributed by atoms with E-state index in [9.17, 15) is 0 Å². The standard InChI is InChI=1S/C13H18N2O3/c1-9-4-5-10(13(14)15-16)7-12(9)18-11-3-2-6-17-8-11/h4-5,7,11,16H,2-3,6,8H2,1H3,(H2,14,15). The highest BCUT2D eigenvalue weighted by atomic mass is 16.5. The maximum atomic E-state index is 8.67. The molecule has 0 aromatic heterocycles. The molecule has 1 aliphatic rings. The van der Waals surface area contributed by atoms with E-state index in [0.29, 0.717) is 12.2 Å². The zero-order chi connectivity index (χ0) is 13.0. The Labute approximate surface area is 106 Å². The summed E-state index contributed by atoms with van der Waals surface area (Å²) in [5, 5.41) is 11.7. The summed E-state index contributed by atoms with van der Waals surface area (Å²) in [4.78, 5) is 0. The third kappa shape index (κ3) is 2.92. The number of nitrogens with zero attached hydrogens (tertiary/aromatic N) is 1. The molecule has 0 spiro atoms. The van der Waals surface area contributed by atoms with Gasteiger partial charge in [-0.05, 0) is 31.4 Å². The maximum Gasteiger partial charge on any atom is 0.170 e. The fourth-order valence-corrected chi connectivity index (χ4v) is 1.93. The molecule has 0 radical (unpaired) electrons. The zero-order valence-corrected chi connectivity index (χ0v) is 10.4. The molecule has 1 heterocycles. The molecule has 2 rings (SSSR count). The van der Waals surface area contributed by atoms with E-state index < -0.39 is 0 Å². The zero-order valence-electron chi connectivity index (χ0n) is 10.4. The highest BCUT2D eigenvalue weighted by Gasteiger charge is 2.16. The Hall–Kier alpha value is -1.75. The maximum absolute atomic E-state index is 8.67.